The molecule has 2 heterocycles. The minimum absolute atomic E-state index is 0.0161. The lowest BCUT2D eigenvalue weighted by atomic mass is 10.1. The van der Waals surface area contributed by atoms with Crippen LogP contribution in [0.4, 0.5) is 0 Å². The number of hydrogen-bond acceptors (Lipinski definition) is 6. The molecule has 1 fully saturated rings. The summed E-state index contributed by atoms with van der Waals surface area (Å²) >= 11 is 0. The molecule has 3 N–H and O–H groups in total. The van der Waals surface area contributed by atoms with Crippen molar-refractivity contribution in [3.8, 4) is 0 Å². The van der Waals surface area contributed by atoms with Gasteiger partial charge in [0.25, 0.3) is 5.91 Å². The van der Waals surface area contributed by atoms with E-state index in [1.807, 2.05) is 0 Å². The summed E-state index contributed by atoms with van der Waals surface area (Å²) in [5, 5.41) is 30.5. The highest BCUT2D eigenvalue weighted by Crippen LogP contribution is 2.17. The van der Waals surface area contributed by atoms with Crippen LogP contribution in [0.5, 0.6) is 0 Å². The van der Waals surface area contributed by atoms with E-state index in [4.69, 9.17) is 9.94 Å². The number of aliphatic hydroxyl groups is 2. The lowest BCUT2D eigenvalue weighted by molar-refractivity contribution is -0.141. The van der Waals surface area contributed by atoms with E-state index < -0.39 is 30.2 Å². The minimum Gasteiger partial charge on any atom is -0.477 e. The molecule has 2 rings (SSSR count). The summed E-state index contributed by atoms with van der Waals surface area (Å²) in [6.07, 6.45) is -3.02. The Hall–Kier alpha value is -1.67. The zero-order chi connectivity index (χ0) is 12.6. The Morgan fingerprint density at radius 3 is 2.35 bits per heavy atom. The number of carbonyl (C=O) groups excluding carboxylic acids is 1. The number of amides is 1. The number of aliphatic hydroxyl groups excluding tert-OH is 2. The number of likely N-dealkylation sites (tertiary alicyclic amines) is 1. The fraction of sp³-hybridized carbons (Fsp3) is 0.667. The van der Waals surface area contributed by atoms with Crippen LogP contribution in [0, 0.1) is 0 Å². The van der Waals surface area contributed by atoms with E-state index in [0.717, 1.165) is 0 Å². The molecule has 1 saturated heterocycles. The van der Waals surface area contributed by atoms with Crippen LogP contribution in [-0.4, -0.2) is 69.2 Å². The fourth-order valence-corrected chi connectivity index (χ4v) is 1.79. The Bertz CT molecular complexity index is 372. The van der Waals surface area contributed by atoms with E-state index >= 15 is 0 Å². The molecule has 0 aromatic rings. The average Bonchev–Trinajstić information content (AvgIpc) is 2.86. The van der Waals surface area contributed by atoms with Gasteiger partial charge >= 0.3 is 5.97 Å². The maximum atomic E-state index is 11.8. The first-order chi connectivity index (χ1) is 7.99. The van der Waals surface area contributed by atoms with Crippen molar-refractivity contribution < 1.29 is 29.7 Å². The summed E-state index contributed by atoms with van der Waals surface area (Å²) < 4.78 is 0. The van der Waals surface area contributed by atoms with Crippen molar-refractivity contribution in [1.29, 1.82) is 0 Å². The molecule has 3 atom stereocenters. The molecule has 0 saturated carbocycles. The monoisotopic (exact) mass is 244 g/mol. The molecule has 0 aliphatic carbocycles. The van der Waals surface area contributed by atoms with E-state index in [9.17, 15) is 19.8 Å². The number of β-amino-alcohol motifs (C(OH)–C–C–N with tert-alkyl or cyclic N) is 2. The van der Waals surface area contributed by atoms with Crippen molar-refractivity contribution in [2.75, 3.05) is 13.1 Å². The second-order valence-electron chi connectivity index (χ2n) is 4.02. The van der Waals surface area contributed by atoms with Crippen LogP contribution in [0.3, 0.4) is 0 Å². The van der Waals surface area contributed by atoms with Crippen molar-refractivity contribution >= 4 is 17.6 Å². The first-order valence-corrected chi connectivity index (χ1v) is 5.10. The predicted octanol–water partition coefficient (Wildman–Crippen LogP) is -2.22. The maximum absolute atomic E-state index is 11.8. The van der Waals surface area contributed by atoms with Crippen LogP contribution in [-0.2, 0) is 14.4 Å². The zero-order valence-corrected chi connectivity index (χ0v) is 8.81. The molecule has 0 radical (unpaired) electrons. The number of nitrogens with zero attached hydrogens (tertiary/aromatic N) is 2. The van der Waals surface area contributed by atoms with Crippen LogP contribution in [0.1, 0.15) is 6.42 Å². The van der Waals surface area contributed by atoms with E-state index in [0.29, 0.717) is 0 Å². The van der Waals surface area contributed by atoms with Gasteiger partial charge in [0.15, 0.2) is 5.71 Å². The SMILES string of the molecule is O=C(O)C1=NOC(C(=O)N2CC(O)C(O)C2)C1. The molecule has 17 heavy (non-hydrogen) atoms. The summed E-state index contributed by atoms with van der Waals surface area (Å²) in [7, 11) is 0. The smallest absolute Gasteiger partial charge is 0.353 e. The predicted molar refractivity (Wildman–Crippen MR) is 53.2 cm³/mol. The van der Waals surface area contributed by atoms with E-state index in [1.165, 1.54) is 4.90 Å². The average molecular weight is 244 g/mol. The third-order valence-corrected chi connectivity index (χ3v) is 2.76. The first-order valence-electron chi connectivity index (χ1n) is 5.10. The van der Waals surface area contributed by atoms with Gasteiger partial charge < -0.3 is 25.1 Å². The van der Waals surface area contributed by atoms with Crippen molar-refractivity contribution in [2.45, 2.75) is 24.7 Å². The van der Waals surface area contributed by atoms with Gasteiger partial charge in [-0.05, 0) is 0 Å². The second kappa shape index (κ2) is 4.30. The third kappa shape index (κ3) is 2.22. The molecule has 0 bridgehead atoms. The summed E-state index contributed by atoms with van der Waals surface area (Å²) in [6, 6.07) is 0. The van der Waals surface area contributed by atoms with Gasteiger partial charge in [-0.1, -0.05) is 5.16 Å². The van der Waals surface area contributed by atoms with Gasteiger partial charge in [-0.25, -0.2) is 4.79 Å². The highest BCUT2D eigenvalue weighted by Gasteiger charge is 2.39. The Kier molecular flexibility index (Phi) is 2.99. The lowest BCUT2D eigenvalue weighted by Gasteiger charge is -2.18. The Labute approximate surface area is 96.1 Å². The van der Waals surface area contributed by atoms with Crippen molar-refractivity contribution in [1.82, 2.24) is 4.90 Å². The number of carbonyl (C=O) groups is 2. The van der Waals surface area contributed by atoms with Gasteiger partial charge in [-0.15, -0.1) is 0 Å². The molecule has 2 aliphatic heterocycles. The lowest BCUT2D eigenvalue weighted by Crippen LogP contribution is -2.38. The molecule has 3 unspecified atom stereocenters. The van der Waals surface area contributed by atoms with Gasteiger partial charge in [0, 0.05) is 19.5 Å². The van der Waals surface area contributed by atoms with Gasteiger partial charge in [-0.3, -0.25) is 4.79 Å². The number of carboxylic acid groups (broad SMARTS) is 1. The standard InChI is InChI=1S/C9H12N2O6/c12-5-2-11(3-6(5)13)8(14)7-1-4(9(15)16)10-17-7/h5-7,12-13H,1-3H2,(H,15,16). The topological polar surface area (TPSA) is 120 Å². The van der Waals surface area contributed by atoms with E-state index in [1.54, 1.807) is 0 Å². The molecular formula is C9H12N2O6. The second-order valence-corrected chi connectivity index (χ2v) is 4.02. The molecule has 94 valence electrons. The zero-order valence-electron chi connectivity index (χ0n) is 8.81. The van der Waals surface area contributed by atoms with Crippen LogP contribution in [0.15, 0.2) is 5.16 Å². The normalized spacial score (nSPS) is 32.2. The third-order valence-electron chi connectivity index (χ3n) is 2.76. The summed E-state index contributed by atoms with van der Waals surface area (Å²) in [4.78, 5) is 28.4. The molecular weight excluding hydrogens is 232 g/mol. The van der Waals surface area contributed by atoms with E-state index in [-0.39, 0.29) is 25.2 Å². The number of carboxylic acids is 1. The first kappa shape index (κ1) is 11.8. The summed E-state index contributed by atoms with van der Waals surface area (Å²) in [5.41, 5.74) is -0.205. The molecule has 0 aromatic heterocycles. The highest BCUT2D eigenvalue weighted by molar-refractivity contribution is 6.36. The Morgan fingerprint density at radius 2 is 1.88 bits per heavy atom. The molecule has 0 spiro atoms. The van der Waals surface area contributed by atoms with Gasteiger partial charge in [0.1, 0.15) is 0 Å². The summed E-state index contributed by atoms with van der Waals surface area (Å²) in [5.74, 6) is -1.69. The highest BCUT2D eigenvalue weighted by atomic mass is 16.6. The Morgan fingerprint density at radius 1 is 1.29 bits per heavy atom. The van der Waals surface area contributed by atoms with Crippen molar-refractivity contribution in [2.24, 2.45) is 5.16 Å². The molecule has 2 aliphatic rings. The minimum atomic E-state index is -1.22. The van der Waals surface area contributed by atoms with E-state index in [2.05, 4.69) is 5.16 Å². The molecule has 1 amide bonds. The largest absolute Gasteiger partial charge is 0.477 e. The van der Waals surface area contributed by atoms with Gasteiger partial charge in [0.05, 0.1) is 12.2 Å². The Balaban J connectivity index is 1.93. The quantitative estimate of drug-likeness (QED) is 0.506. The van der Waals surface area contributed by atoms with Gasteiger partial charge in [-0.2, -0.15) is 0 Å². The molecule has 8 heteroatoms. The van der Waals surface area contributed by atoms with Crippen LogP contribution in [0.25, 0.3) is 0 Å². The van der Waals surface area contributed by atoms with Crippen LogP contribution in [0.2, 0.25) is 0 Å². The van der Waals surface area contributed by atoms with Gasteiger partial charge in [0.2, 0.25) is 6.10 Å². The van der Waals surface area contributed by atoms with Crippen LogP contribution < -0.4 is 0 Å². The maximum Gasteiger partial charge on any atom is 0.353 e. The van der Waals surface area contributed by atoms with Crippen LogP contribution >= 0.6 is 0 Å². The number of rotatable bonds is 2. The van der Waals surface area contributed by atoms with Crippen molar-refractivity contribution in [3.63, 3.8) is 0 Å². The summed E-state index contributed by atoms with van der Waals surface area (Å²) in [6.45, 7) is 0.0323. The molecule has 0 aromatic carbocycles. The molecule has 8 nitrogen and oxygen atoms in total. The number of hydrogen-bond donors (Lipinski definition) is 3. The number of oxime groups is 1. The fourth-order valence-electron chi connectivity index (χ4n) is 1.79. The van der Waals surface area contributed by atoms with Crippen molar-refractivity contribution in [3.05, 3.63) is 0 Å². The number of aliphatic carboxylic acids is 1.